The fourth-order valence-corrected chi connectivity index (χ4v) is 2.04. The third-order valence-electron chi connectivity index (χ3n) is 3.38. The summed E-state index contributed by atoms with van der Waals surface area (Å²) < 4.78 is 0. The Morgan fingerprint density at radius 1 is 1.53 bits per heavy atom. The standard InChI is InChI=1S/C11H20N2O2/c1-8(14)9-4-5-13(7-9)11(15)6-12-10-2-3-10/h8-10,12,14H,2-7H2,1H3. The minimum atomic E-state index is -0.292. The van der Waals surface area contributed by atoms with Crippen LogP contribution in [0, 0.1) is 5.92 Å². The second kappa shape index (κ2) is 4.49. The molecule has 1 saturated heterocycles. The lowest BCUT2D eigenvalue weighted by molar-refractivity contribution is -0.129. The molecular formula is C11H20N2O2. The fraction of sp³-hybridized carbons (Fsp3) is 0.909. The van der Waals surface area contributed by atoms with Crippen molar-refractivity contribution >= 4 is 5.91 Å². The summed E-state index contributed by atoms with van der Waals surface area (Å²) in [6, 6.07) is 0.587. The zero-order valence-corrected chi connectivity index (χ0v) is 9.28. The third-order valence-corrected chi connectivity index (χ3v) is 3.38. The fourth-order valence-electron chi connectivity index (χ4n) is 2.04. The molecule has 1 aliphatic carbocycles. The van der Waals surface area contributed by atoms with E-state index in [9.17, 15) is 9.90 Å². The summed E-state index contributed by atoms with van der Waals surface area (Å²) in [5.74, 6) is 0.458. The van der Waals surface area contributed by atoms with Gasteiger partial charge in [-0.3, -0.25) is 4.79 Å². The van der Waals surface area contributed by atoms with Gasteiger partial charge in [0.1, 0.15) is 0 Å². The molecule has 1 heterocycles. The highest BCUT2D eigenvalue weighted by atomic mass is 16.3. The maximum Gasteiger partial charge on any atom is 0.236 e. The van der Waals surface area contributed by atoms with Crippen molar-refractivity contribution in [2.24, 2.45) is 5.92 Å². The van der Waals surface area contributed by atoms with Crippen LogP contribution < -0.4 is 5.32 Å². The summed E-state index contributed by atoms with van der Waals surface area (Å²) >= 11 is 0. The van der Waals surface area contributed by atoms with Gasteiger partial charge in [-0.15, -0.1) is 0 Å². The van der Waals surface area contributed by atoms with Crippen molar-refractivity contribution in [2.75, 3.05) is 19.6 Å². The maximum atomic E-state index is 11.7. The van der Waals surface area contributed by atoms with E-state index in [1.165, 1.54) is 12.8 Å². The Hall–Kier alpha value is -0.610. The zero-order valence-electron chi connectivity index (χ0n) is 9.28. The summed E-state index contributed by atoms with van der Waals surface area (Å²) in [6.07, 6.45) is 3.07. The number of carbonyl (C=O) groups excluding carboxylic acids is 1. The van der Waals surface area contributed by atoms with Crippen molar-refractivity contribution in [3.63, 3.8) is 0 Å². The Labute approximate surface area is 90.6 Å². The van der Waals surface area contributed by atoms with Gasteiger partial charge in [0.05, 0.1) is 12.6 Å². The molecular weight excluding hydrogens is 192 g/mol. The molecule has 86 valence electrons. The molecule has 15 heavy (non-hydrogen) atoms. The van der Waals surface area contributed by atoms with E-state index in [0.717, 1.165) is 19.5 Å². The monoisotopic (exact) mass is 212 g/mol. The number of nitrogens with zero attached hydrogens (tertiary/aromatic N) is 1. The largest absolute Gasteiger partial charge is 0.393 e. The van der Waals surface area contributed by atoms with Crippen molar-refractivity contribution in [1.82, 2.24) is 10.2 Å². The Morgan fingerprint density at radius 2 is 2.27 bits per heavy atom. The highest BCUT2D eigenvalue weighted by Crippen LogP contribution is 2.20. The smallest absolute Gasteiger partial charge is 0.236 e. The van der Waals surface area contributed by atoms with E-state index >= 15 is 0 Å². The highest BCUT2D eigenvalue weighted by molar-refractivity contribution is 5.78. The molecule has 2 atom stereocenters. The number of aliphatic hydroxyl groups is 1. The molecule has 0 aromatic rings. The van der Waals surface area contributed by atoms with Gasteiger partial charge in [0.15, 0.2) is 0 Å². The van der Waals surface area contributed by atoms with Crippen molar-refractivity contribution in [3.8, 4) is 0 Å². The quantitative estimate of drug-likeness (QED) is 0.688. The zero-order chi connectivity index (χ0) is 10.8. The van der Waals surface area contributed by atoms with Gasteiger partial charge in [-0.05, 0) is 26.2 Å². The lowest BCUT2D eigenvalue weighted by Crippen LogP contribution is -2.38. The van der Waals surface area contributed by atoms with Crippen LogP contribution in [0.3, 0.4) is 0 Å². The van der Waals surface area contributed by atoms with Gasteiger partial charge in [0.2, 0.25) is 5.91 Å². The topological polar surface area (TPSA) is 52.6 Å². The SMILES string of the molecule is CC(O)C1CCN(C(=O)CNC2CC2)C1. The Morgan fingerprint density at radius 3 is 2.80 bits per heavy atom. The Kier molecular flexibility index (Phi) is 3.26. The lowest BCUT2D eigenvalue weighted by Gasteiger charge is -2.17. The molecule has 0 spiro atoms. The van der Waals surface area contributed by atoms with Crippen LogP contribution in [0.25, 0.3) is 0 Å². The van der Waals surface area contributed by atoms with E-state index in [-0.39, 0.29) is 17.9 Å². The van der Waals surface area contributed by atoms with E-state index in [0.29, 0.717) is 12.6 Å². The number of hydrogen-bond donors (Lipinski definition) is 2. The number of aliphatic hydroxyl groups excluding tert-OH is 1. The molecule has 2 aliphatic rings. The van der Waals surface area contributed by atoms with Crippen molar-refractivity contribution in [1.29, 1.82) is 0 Å². The molecule has 0 aromatic carbocycles. The molecule has 1 aliphatic heterocycles. The number of nitrogens with one attached hydrogen (secondary N) is 1. The van der Waals surface area contributed by atoms with Crippen LogP contribution in [-0.4, -0.2) is 47.7 Å². The molecule has 0 bridgehead atoms. The minimum Gasteiger partial charge on any atom is -0.393 e. The van der Waals surface area contributed by atoms with Crippen LogP contribution in [0.2, 0.25) is 0 Å². The van der Waals surface area contributed by atoms with Crippen LogP contribution in [0.15, 0.2) is 0 Å². The summed E-state index contributed by atoms with van der Waals surface area (Å²) in [5.41, 5.74) is 0. The predicted octanol–water partition coefficient (Wildman–Crippen LogP) is -0.0323. The normalized spacial score (nSPS) is 28.1. The number of amides is 1. The first-order chi connectivity index (χ1) is 7.16. The molecule has 1 amide bonds. The van der Waals surface area contributed by atoms with Gasteiger partial charge in [0, 0.05) is 25.0 Å². The Balaban J connectivity index is 1.71. The number of rotatable bonds is 4. The van der Waals surface area contributed by atoms with E-state index in [4.69, 9.17) is 0 Å². The second-order valence-electron chi connectivity index (χ2n) is 4.78. The Bertz CT molecular complexity index is 239. The number of likely N-dealkylation sites (tertiary alicyclic amines) is 1. The minimum absolute atomic E-state index is 0.185. The van der Waals surface area contributed by atoms with Gasteiger partial charge in [-0.2, -0.15) is 0 Å². The van der Waals surface area contributed by atoms with Crippen molar-refractivity contribution < 1.29 is 9.90 Å². The molecule has 2 unspecified atom stereocenters. The number of hydrogen-bond acceptors (Lipinski definition) is 3. The van der Waals surface area contributed by atoms with Crippen LogP contribution in [0.4, 0.5) is 0 Å². The summed E-state index contributed by atoms with van der Waals surface area (Å²) in [5, 5.41) is 12.6. The molecule has 1 saturated carbocycles. The van der Waals surface area contributed by atoms with E-state index < -0.39 is 0 Å². The summed E-state index contributed by atoms with van der Waals surface area (Å²) in [7, 11) is 0. The average Bonchev–Trinajstić information content (AvgIpc) is 2.88. The molecule has 0 radical (unpaired) electrons. The first-order valence-electron chi connectivity index (χ1n) is 5.86. The van der Waals surface area contributed by atoms with Gasteiger partial charge in [-0.25, -0.2) is 0 Å². The first kappa shape index (κ1) is 10.9. The second-order valence-corrected chi connectivity index (χ2v) is 4.78. The van der Waals surface area contributed by atoms with Gasteiger partial charge >= 0.3 is 0 Å². The van der Waals surface area contributed by atoms with Crippen LogP contribution in [0.5, 0.6) is 0 Å². The molecule has 0 aromatic heterocycles. The lowest BCUT2D eigenvalue weighted by atomic mass is 10.0. The van der Waals surface area contributed by atoms with E-state index in [1.54, 1.807) is 6.92 Å². The van der Waals surface area contributed by atoms with Crippen LogP contribution in [-0.2, 0) is 4.79 Å². The third kappa shape index (κ3) is 2.92. The molecule has 2 rings (SSSR count). The predicted molar refractivity (Wildman–Crippen MR) is 57.4 cm³/mol. The van der Waals surface area contributed by atoms with Crippen molar-refractivity contribution in [3.05, 3.63) is 0 Å². The summed E-state index contributed by atoms with van der Waals surface area (Å²) in [6.45, 7) is 3.81. The summed E-state index contributed by atoms with van der Waals surface area (Å²) in [4.78, 5) is 13.6. The first-order valence-corrected chi connectivity index (χ1v) is 5.86. The molecule has 4 nitrogen and oxygen atoms in total. The molecule has 4 heteroatoms. The van der Waals surface area contributed by atoms with Crippen molar-refractivity contribution in [2.45, 2.75) is 38.3 Å². The van der Waals surface area contributed by atoms with Gasteiger partial charge in [0.25, 0.3) is 0 Å². The van der Waals surface area contributed by atoms with E-state index in [1.807, 2.05) is 4.90 Å². The van der Waals surface area contributed by atoms with Crippen LogP contribution >= 0.6 is 0 Å². The average molecular weight is 212 g/mol. The van der Waals surface area contributed by atoms with Gasteiger partial charge in [-0.1, -0.05) is 0 Å². The maximum absolute atomic E-state index is 11.7. The number of carbonyl (C=O) groups is 1. The highest BCUT2D eigenvalue weighted by Gasteiger charge is 2.29. The molecule has 2 N–H and O–H groups in total. The van der Waals surface area contributed by atoms with Gasteiger partial charge < -0.3 is 15.3 Å². The van der Waals surface area contributed by atoms with Crippen LogP contribution in [0.1, 0.15) is 26.2 Å². The van der Waals surface area contributed by atoms with E-state index in [2.05, 4.69) is 5.32 Å². The molecule has 2 fully saturated rings.